The highest BCUT2D eigenvalue weighted by molar-refractivity contribution is 6.07. The van der Waals surface area contributed by atoms with Crippen LogP contribution in [0.25, 0.3) is 16.9 Å². The quantitative estimate of drug-likeness (QED) is 0.468. The summed E-state index contributed by atoms with van der Waals surface area (Å²) in [6, 6.07) is 21.7. The second-order valence-corrected chi connectivity index (χ2v) is 7.68. The first-order valence-corrected chi connectivity index (χ1v) is 10.2. The molecule has 31 heavy (non-hydrogen) atoms. The fourth-order valence-electron chi connectivity index (χ4n) is 3.89. The number of benzene rings is 2. The summed E-state index contributed by atoms with van der Waals surface area (Å²) in [5, 5.41) is 11.1. The third kappa shape index (κ3) is 3.57. The predicted octanol–water partition coefficient (Wildman–Crippen LogP) is 5.14. The van der Waals surface area contributed by atoms with E-state index in [0.29, 0.717) is 6.42 Å². The molecule has 1 atom stereocenters. The maximum absolute atomic E-state index is 12.3. The molecule has 0 saturated carbocycles. The standard InChI is InChI=1S/C25H22N4O2/c1-17-10-12-19(13-11-17)25-21(16-28(27-25)20-7-4-3-5-8-20)22-15-23(24-9-6-14-31-24)29(26-22)18(2)30/h3-14,16,23H,15H2,1-2H3/t23-/m0/s1. The highest BCUT2D eigenvalue weighted by Crippen LogP contribution is 2.35. The summed E-state index contributed by atoms with van der Waals surface area (Å²) >= 11 is 0. The molecule has 0 spiro atoms. The molecule has 0 bridgehead atoms. The number of rotatable bonds is 4. The summed E-state index contributed by atoms with van der Waals surface area (Å²) in [7, 11) is 0. The lowest BCUT2D eigenvalue weighted by Crippen LogP contribution is -2.23. The summed E-state index contributed by atoms with van der Waals surface area (Å²) in [5.41, 5.74) is 5.72. The topological polar surface area (TPSA) is 63.6 Å². The molecule has 6 heteroatoms. The Morgan fingerprint density at radius 1 is 1.03 bits per heavy atom. The average molecular weight is 410 g/mol. The number of nitrogens with zero attached hydrogens (tertiary/aromatic N) is 4. The second kappa shape index (κ2) is 7.72. The molecule has 1 aliphatic heterocycles. The Kier molecular flexibility index (Phi) is 4.75. The maximum atomic E-state index is 12.3. The van der Waals surface area contributed by atoms with Crippen molar-refractivity contribution in [3.8, 4) is 16.9 Å². The van der Waals surface area contributed by atoms with Crippen LogP contribution in [0.5, 0.6) is 0 Å². The third-order valence-corrected chi connectivity index (χ3v) is 5.48. The zero-order valence-electron chi connectivity index (χ0n) is 17.4. The lowest BCUT2D eigenvalue weighted by Gasteiger charge is -2.17. The molecule has 0 unspecified atom stereocenters. The number of aryl methyl sites for hydroxylation is 1. The number of furan rings is 1. The first-order valence-electron chi connectivity index (χ1n) is 10.2. The Bertz CT molecular complexity index is 1240. The summed E-state index contributed by atoms with van der Waals surface area (Å²) in [6.45, 7) is 3.59. The lowest BCUT2D eigenvalue weighted by molar-refractivity contribution is -0.130. The van der Waals surface area contributed by atoms with Gasteiger partial charge in [-0.2, -0.15) is 10.2 Å². The van der Waals surface area contributed by atoms with Crippen LogP contribution in [-0.2, 0) is 4.79 Å². The van der Waals surface area contributed by atoms with Crippen molar-refractivity contribution in [3.05, 3.63) is 96.1 Å². The van der Waals surface area contributed by atoms with Crippen LogP contribution in [0.3, 0.4) is 0 Å². The Morgan fingerprint density at radius 2 is 1.81 bits per heavy atom. The van der Waals surface area contributed by atoms with Gasteiger partial charge in [0.1, 0.15) is 17.5 Å². The molecule has 2 aromatic carbocycles. The third-order valence-electron chi connectivity index (χ3n) is 5.48. The van der Waals surface area contributed by atoms with Crippen LogP contribution >= 0.6 is 0 Å². The molecule has 0 aliphatic carbocycles. The first-order chi connectivity index (χ1) is 15.1. The SMILES string of the molecule is CC(=O)N1N=C(c2cn(-c3ccccc3)nc2-c2ccc(C)cc2)C[C@H]1c1ccco1. The van der Waals surface area contributed by atoms with E-state index in [-0.39, 0.29) is 11.9 Å². The number of para-hydroxylation sites is 1. The molecular formula is C25H22N4O2. The van der Waals surface area contributed by atoms with Crippen molar-refractivity contribution in [2.75, 3.05) is 0 Å². The van der Waals surface area contributed by atoms with E-state index in [4.69, 9.17) is 14.6 Å². The van der Waals surface area contributed by atoms with E-state index in [2.05, 4.69) is 31.2 Å². The van der Waals surface area contributed by atoms with Crippen molar-refractivity contribution in [1.29, 1.82) is 0 Å². The lowest BCUT2D eigenvalue weighted by atomic mass is 9.99. The molecule has 2 aromatic heterocycles. The van der Waals surface area contributed by atoms with E-state index in [1.54, 1.807) is 6.26 Å². The molecule has 3 heterocycles. The van der Waals surface area contributed by atoms with Crippen LogP contribution < -0.4 is 0 Å². The monoisotopic (exact) mass is 410 g/mol. The fourth-order valence-corrected chi connectivity index (χ4v) is 3.89. The Hall–Kier alpha value is -3.93. The maximum Gasteiger partial charge on any atom is 0.240 e. The smallest absolute Gasteiger partial charge is 0.240 e. The van der Waals surface area contributed by atoms with Gasteiger partial charge in [0.15, 0.2) is 0 Å². The van der Waals surface area contributed by atoms with Gasteiger partial charge in [-0.05, 0) is 31.2 Å². The number of hydrogen-bond acceptors (Lipinski definition) is 4. The molecule has 1 amide bonds. The van der Waals surface area contributed by atoms with Gasteiger partial charge < -0.3 is 4.42 Å². The van der Waals surface area contributed by atoms with Crippen molar-refractivity contribution in [1.82, 2.24) is 14.8 Å². The number of amides is 1. The highest BCUT2D eigenvalue weighted by atomic mass is 16.3. The molecular weight excluding hydrogens is 388 g/mol. The van der Waals surface area contributed by atoms with Gasteiger partial charge in [-0.1, -0.05) is 48.0 Å². The van der Waals surface area contributed by atoms with Crippen molar-refractivity contribution < 1.29 is 9.21 Å². The van der Waals surface area contributed by atoms with E-state index in [1.807, 2.05) is 53.3 Å². The number of carbonyl (C=O) groups excluding carboxylic acids is 1. The molecule has 0 fully saturated rings. The molecule has 4 aromatic rings. The van der Waals surface area contributed by atoms with Gasteiger partial charge >= 0.3 is 0 Å². The van der Waals surface area contributed by atoms with Crippen molar-refractivity contribution in [3.63, 3.8) is 0 Å². The van der Waals surface area contributed by atoms with Gasteiger partial charge in [0.25, 0.3) is 0 Å². The minimum absolute atomic E-state index is 0.122. The van der Waals surface area contributed by atoms with Gasteiger partial charge in [-0.3, -0.25) is 4.79 Å². The second-order valence-electron chi connectivity index (χ2n) is 7.68. The van der Waals surface area contributed by atoms with Gasteiger partial charge in [-0.15, -0.1) is 0 Å². The summed E-state index contributed by atoms with van der Waals surface area (Å²) in [4.78, 5) is 12.3. The average Bonchev–Trinajstić information content (AvgIpc) is 3.53. The van der Waals surface area contributed by atoms with E-state index >= 15 is 0 Å². The number of carbonyl (C=O) groups is 1. The molecule has 154 valence electrons. The predicted molar refractivity (Wildman–Crippen MR) is 119 cm³/mol. The zero-order chi connectivity index (χ0) is 21.4. The van der Waals surface area contributed by atoms with Crippen LogP contribution in [0.1, 0.15) is 36.3 Å². The van der Waals surface area contributed by atoms with Crippen LogP contribution in [-0.4, -0.2) is 26.4 Å². The molecule has 5 rings (SSSR count). The van der Waals surface area contributed by atoms with Crippen molar-refractivity contribution in [2.24, 2.45) is 5.10 Å². The number of aromatic nitrogens is 2. The minimum Gasteiger partial charge on any atom is -0.467 e. The van der Waals surface area contributed by atoms with Crippen LogP contribution in [0, 0.1) is 6.92 Å². The molecule has 0 radical (unpaired) electrons. The van der Waals surface area contributed by atoms with E-state index in [9.17, 15) is 4.79 Å². The van der Waals surface area contributed by atoms with Crippen molar-refractivity contribution in [2.45, 2.75) is 26.3 Å². The Balaban J connectivity index is 1.62. The molecule has 1 aliphatic rings. The normalized spacial score (nSPS) is 15.9. The fraction of sp³-hybridized carbons (Fsp3) is 0.160. The van der Waals surface area contributed by atoms with Crippen molar-refractivity contribution >= 4 is 11.6 Å². The van der Waals surface area contributed by atoms with Gasteiger partial charge in [0.2, 0.25) is 5.91 Å². The van der Waals surface area contributed by atoms with E-state index < -0.39 is 0 Å². The van der Waals surface area contributed by atoms with E-state index in [0.717, 1.165) is 34.0 Å². The molecule has 6 nitrogen and oxygen atoms in total. The van der Waals surface area contributed by atoms with Crippen LogP contribution in [0.15, 0.2) is 88.7 Å². The number of hydrogen-bond donors (Lipinski definition) is 0. The highest BCUT2D eigenvalue weighted by Gasteiger charge is 2.35. The minimum atomic E-state index is -0.256. The van der Waals surface area contributed by atoms with Gasteiger partial charge in [0.05, 0.1) is 17.7 Å². The molecule has 0 saturated heterocycles. The zero-order valence-corrected chi connectivity index (χ0v) is 17.4. The van der Waals surface area contributed by atoms with Crippen LogP contribution in [0.4, 0.5) is 0 Å². The molecule has 0 N–H and O–H groups in total. The summed E-state index contributed by atoms with van der Waals surface area (Å²) in [5.74, 6) is 0.602. The summed E-state index contributed by atoms with van der Waals surface area (Å²) < 4.78 is 7.46. The first kappa shape index (κ1) is 19.1. The van der Waals surface area contributed by atoms with Gasteiger partial charge in [-0.25, -0.2) is 9.69 Å². The van der Waals surface area contributed by atoms with Gasteiger partial charge in [0, 0.05) is 30.7 Å². The summed E-state index contributed by atoms with van der Waals surface area (Å²) in [6.07, 6.45) is 4.18. The van der Waals surface area contributed by atoms with Crippen LogP contribution in [0.2, 0.25) is 0 Å². The number of hydrazone groups is 1. The Morgan fingerprint density at radius 3 is 2.48 bits per heavy atom. The van der Waals surface area contributed by atoms with E-state index in [1.165, 1.54) is 17.5 Å². The largest absolute Gasteiger partial charge is 0.467 e. The Labute approximate surface area is 180 Å².